The van der Waals surface area contributed by atoms with E-state index in [-0.39, 0.29) is 5.75 Å². The summed E-state index contributed by atoms with van der Waals surface area (Å²) in [7, 11) is 0. The van der Waals surface area contributed by atoms with E-state index >= 15 is 0 Å². The van der Waals surface area contributed by atoms with Gasteiger partial charge in [0, 0.05) is 5.75 Å². The number of nitrogens with two attached hydrogens (primary N) is 1. The minimum absolute atomic E-state index is 0.237. The smallest absolute Gasteiger partial charge is 0.366 e. The molecule has 0 aromatic carbocycles. The molecular formula is C10H13NO9S. The van der Waals surface area contributed by atoms with Crippen molar-refractivity contribution in [3.63, 3.8) is 0 Å². The summed E-state index contributed by atoms with van der Waals surface area (Å²) in [5, 5.41) is 27.3. The maximum absolute atomic E-state index is 11.8. The number of hydrogen-bond donors (Lipinski definition) is 4. The second-order valence-electron chi connectivity index (χ2n) is 4.37. The topological polar surface area (TPSA) is 173 Å². The first-order valence-electron chi connectivity index (χ1n) is 5.49. The van der Waals surface area contributed by atoms with Crippen LogP contribution in [0.2, 0.25) is 0 Å². The Balaban J connectivity index is 3.48. The molecule has 0 bridgehead atoms. The van der Waals surface area contributed by atoms with Crippen molar-refractivity contribution in [2.75, 3.05) is 12.0 Å². The Bertz CT molecular complexity index is 495. The molecule has 1 saturated heterocycles. The van der Waals surface area contributed by atoms with E-state index in [0.717, 1.165) is 11.8 Å². The van der Waals surface area contributed by atoms with Crippen LogP contribution >= 0.6 is 11.8 Å². The average Bonchev–Trinajstić information content (AvgIpc) is 2.61. The Hall–Kier alpha value is -1.85. The second-order valence-corrected chi connectivity index (χ2v) is 5.28. The molecule has 0 saturated carbocycles. The van der Waals surface area contributed by atoms with Crippen LogP contribution in [0.5, 0.6) is 0 Å². The highest BCUT2D eigenvalue weighted by atomic mass is 32.2. The van der Waals surface area contributed by atoms with Gasteiger partial charge in [-0.05, 0) is 6.26 Å². The molecule has 0 aromatic heterocycles. The molecule has 11 heteroatoms. The van der Waals surface area contributed by atoms with E-state index in [4.69, 9.17) is 10.8 Å². The van der Waals surface area contributed by atoms with Gasteiger partial charge in [0.25, 0.3) is 5.60 Å². The van der Waals surface area contributed by atoms with Crippen LogP contribution in [0, 0.1) is 5.92 Å². The van der Waals surface area contributed by atoms with Gasteiger partial charge < -0.3 is 21.1 Å². The van der Waals surface area contributed by atoms with Crippen LogP contribution in [-0.2, 0) is 29.0 Å². The van der Waals surface area contributed by atoms with Gasteiger partial charge in [0.15, 0.2) is 5.54 Å². The summed E-state index contributed by atoms with van der Waals surface area (Å²) >= 11 is 0.992. The molecule has 1 fully saturated rings. The van der Waals surface area contributed by atoms with Gasteiger partial charge in [0.2, 0.25) is 0 Å². The minimum atomic E-state index is -2.82. The van der Waals surface area contributed by atoms with Crippen LogP contribution in [0.1, 0.15) is 6.42 Å². The maximum Gasteiger partial charge on any atom is 0.366 e. The summed E-state index contributed by atoms with van der Waals surface area (Å²) in [4.78, 5) is 54.0. The van der Waals surface area contributed by atoms with Crippen molar-refractivity contribution in [2.45, 2.75) is 17.6 Å². The molecule has 0 spiro atoms. The molecule has 0 aliphatic carbocycles. The number of rotatable bonds is 7. The van der Waals surface area contributed by atoms with Gasteiger partial charge in [-0.2, -0.15) is 16.6 Å². The molecule has 0 aromatic rings. The highest BCUT2D eigenvalue weighted by Crippen LogP contribution is 2.42. The van der Waals surface area contributed by atoms with Crippen LogP contribution in [0.15, 0.2) is 0 Å². The van der Waals surface area contributed by atoms with Crippen molar-refractivity contribution < 1.29 is 44.3 Å². The standard InChI is InChI=1S/C10H13NO9S/c1-21-3-4(6(14)15)10(11)8(18)19-20-9(10,7(16)17)2-5(12)13/h4H,2-3,11H2,1H3,(H,12,13)(H,14,15)(H,16,17). The molecule has 1 aliphatic heterocycles. The fourth-order valence-electron chi connectivity index (χ4n) is 2.08. The Morgan fingerprint density at radius 2 is 1.90 bits per heavy atom. The van der Waals surface area contributed by atoms with Crippen molar-refractivity contribution in [1.29, 1.82) is 0 Å². The molecule has 10 nitrogen and oxygen atoms in total. The van der Waals surface area contributed by atoms with Gasteiger partial charge >= 0.3 is 23.9 Å². The quantitative estimate of drug-likeness (QED) is 0.403. The maximum atomic E-state index is 11.8. The van der Waals surface area contributed by atoms with Crippen molar-refractivity contribution >= 4 is 35.6 Å². The third-order valence-electron chi connectivity index (χ3n) is 3.19. The summed E-state index contributed by atoms with van der Waals surface area (Å²) in [5.41, 5.74) is 0.225. The van der Waals surface area contributed by atoms with E-state index in [9.17, 15) is 29.4 Å². The minimum Gasteiger partial charge on any atom is -0.481 e. The highest BCUT2D eigenvalue weighted by Gasteiger charge is 2.73. The molecule has 5 N–H and O–H groups in total. The molecule has 118 valence electrons. The van der Waals surface area contributed by atoms with Crippen LogP contribution in [-0.4, -0.2) is 62.3 Å². The van der Waals surface area contributed by atoms with Crippen LogP contribution in [0.25, 0.3) is 0 Å². The molecule has 0 amide bonds. The lowest BCUT2D eigenvalue weighted by Gasteiger charge is -2.35. The van der Waals surface area contributed by atoms with Gasteiger partial charge in [-0.15, -0.1) is 0 Å². The zero-order chi connectivity index (χ0) is 16.4. The Morgan fingerprint density at radius 1 is 1.33 bits per heavy atom. The first-order chi connectivity index (χ1) is 9.63. The highest BCUT2D eigenvalue weighted by molar-refractivity contribution is 7.98. The van der Waals surface area contributed by atoms with E-state index < -0.39 is 47.4 Å². The monoisotopic (exact) mass is 323 g/mol. The molecule has 1 rings (SSSR count). The van der Waals surface area contributed by atoms with E-state index in [0.29, 0.717) is 0 Å². The lowest BCUT2D eigenvalue weighted by molar-refractivity contribution is -0.294. The largest absolute Gasteiger partial charge is 0.481 e. The van der Waals surface area contributed by atoms with Crippen LogP contribution < -0.4 is 5.73 Å². The molecular weight excluding hydrogens is 310 g/mol. The zero-order valence-electron chi connectivity index (χ0n) is 10.8. The van der Waals surface area contributed by atoms with Crippen LogP contribution in [0.4, 0.5) is 0 Å². The van der Waals surface area contributed by atoms with Gasteiger partial charge in [0.1, 0.15) is 0 Å². The van der Waals surface area contributed by atoms with Crippen molar-refractivity contribution in [1.82, 2.24) is 0 Å². The predicted octanol–water partition coefficient (Wildman–Crippen LogP) is -1.47. The number of hydrogen-bond acceptors (Lipinski definition) is 8. The lowest BCUT2D eigenvalue weighted by Crippen LogP contribution is -2.71. The molecule has 3 atom stereocenters. The number of carbonyl (C=O) groups excluding carboxylic acids is 1. The summed E-state index contributed by atoms with van der Waals surface area (Å²) < 4.78 is 0. The predicted molar refractivity (Wildman–Crippen MR) is 66.2 cm³/mol. The lowest BCUT2D eigenvalue weighted by atomic mass is 9.70. The SMILES string of the molecule is CSCC(C(=O)O)C1(N)C(=O)OOC1(CC(=O)O)C(=O)O. The first-order valence-corrected chi connectivity index (χ1v) is 6.88. The number of carboxylic acids is 3. The Labute approximate surface area is 122 Å². The number of thioether (sulfide) groups is 1. The molecule has 1 aliphatic rings. The van der Waals surface area contributed by atoms with Crippen molar-refractivity contribution in [3.05, 3.63) is 0 Å². The van der Waals surface area contributed by atoms with Crippen molar-refractivity contribution in [3.8, 4) is 0 Å². The molecule has 3 unspecified atom stereocenters. The van der Waals surface area contributed by atoms with Gasteiger partial charge in [-0.3, -0.25) is 14.5 Å². The molecule has 1 heterocycles. The van der Waals surface area contributed by atoms with Gasteiger partial charge in [0.05, 0.1) is 12.3 Å². The average molecular weight is 323 g/mol. The molecule has 21 heavy (non-hydrogen) atoms. The summed E-state index contributed by atoms with van der Waals surface area (Å²) in [5.74, 6) is -8.49. The number of carbonyl (C=O) groups is 4. The Kier molecular flexibility index (Phi) is 4.81. The molecule has 0 radical (unpaired) electrons. The second kappa shape index (κ2) is 5.87. The van der Waals surface area contributed by atoms with E-state index in [1.807, 2.05) is 0 Å². The summed E-state index contributed by atoms with van der Waals surface area (Å²) in [6.07, 6.45) is 0.281. The normalized spacial score (nSPS) is 29.7. The number of aliphatic carboxylic acids is 3. The summed E-state index contributed by atoms with van der Waals surface area (Å²) in [6.45, 7) is 0. The first kappa shape index (κ1) is 17.2. The van der Waals surface area contributed by atoms with E-state index in [2.05, 4.69) is 9.78 Å². The third kappa shape index (κ3) is 2.54. The third-order valence-corrected chi connectivity index (χ3v) is 3.86. The fourth-order valence-corrected chi connectivity index (χ4v) is 2.82. The fraction of sp³-hybridized carbons (Fsp3) is 0.600. The Morgan fingerprint density at radius 3 is 2.29 bits per heavy atom. The van der Waals surface area contributed by atoms with Gasteiger partial charge in [-0.1, -0.05) is 0 Å². The van der Waals surface area contributed by atoms with E-state index in [1.165, 1.54) is 6.26 Å². The zero-order valence-corrected chi connectivity index (χ0v) is 11.6. The number of carboxylic acid groups (broad SMARTS) is 3. The van der Waals surface area contributed by atoms with E-state index in [1.54, 1.807) is 0 Å². The van der Waals surface area contributed by atoms with Gasteiger partial charge in [-0.25, -0.2) is 9.59 Å². The van der Waals surface area contributed by atoms with Crippen molar-refractivity contribution in [2.24, 2.45) is 11.7 Å². The van der Waals surface area contributed by atoms with Crippen LogP contribution in [0.3, 0.4) is 0 Å². The summed E-state index contributed by atoms with van der Waals surface area (Å²) in [6, 6.07) is 0.